The molecule has 4 aromatic carbocycles. The average Bonchev–Trinajstić information content (AvgIpc) is 3.25. The molecule has 0 unspecified atom stereocenters. The number of allylic oxidation sites excluding steroid dienone is 1. The van der Waals surface area contributed by atoms with Gasteiger partial charge in [-0.05, 0) is 53.6 Å². The molecule has 3 heteroatoms. The number of fused-ring (bicyclic) bond motifs is 1. The van der Waals surface area contributed by atoms with E-state index >= 15 is 0 Å². The van der Waals surface area contributed by atoms with Gasteiger partial charge >= 0.3 is 0 Å². The molecule has 0 saturated carbocycles. The number of nitrogens with one attached hydrogen (secondary N) is 1. The van der Waals surface area contributed by atoms with E-state index in [2.05, 4.69) is 146 Å². The molecule has 0 amide bonds. The van der Waals surface area contributed by atoms with Gasteiger partial charge in [-0.2, -0.15) is 0 Å². The van der Waals surface area contributed by atoms with Gasteiger partial charge in [0.1, 0.15) is 0 Å². The Kier molecular flexibility index (Phi) is 5.77. The van der Waals surface area contributed by atoms with E-state index < -0.39 is 0 Å². The number of benzene rings is 4. The second-order valence-corrected chi connectivity index (χ2v) is 9.04. The maximum absolute atomic E-state index is 3.72. The molecule has 0 aromatic heterocycles. The maximum Gasteiger partial charge on any atom is 0.220 e. The summed E-state index contributed by atoms with van der Waals surface area (Å²) in [4.78, 5) is 7.99. The lowest BCUT2D eigenvalue weighted by molar-refractivity contribution is -0.348. The van der Waals surface area contributed by atoms with Crippen LogP contribution in [0.15, 0.2) is 103 Å². The molecule has 34 heavy (non-hydrogen) atoms. The molecule has 5 rings (SSSR count). The molecule has 3 nitrogen and oxygen atoms in total. The SMILES string of the molecule is CN(C)c1ccc(C(=C2C(c3ccccc3)=[NH+]c3ccccc32)c2ccc(N(C)C)cc2)cc1. The van der Waals surface area contributed by atoms with E-state index in [0.29, 0.717) is 0 Å². The molecule has 0 saturated heterocycles. The molecule has 168 valence electrons. The summed E-state index contributed by atoms with van der Waals surface area (Å²) in [5, 5.41) is 0. The van der Waals surface area contributed by atoms with Crippen molar-refractivity contribution in [3.63, 3.8) is 0 Å². The van der Waals surface area contributed by atoms with Crippen molar-refractivity contribution in [1.29, 1.82) is 0 Å². The van der Waals surface area contributed by atoms with E-state index in [-0.39, 0.29) is 0 Å². The van der Waals surface area contributed by atoms with Crippen molar-refractivity contribution in [3.8, 4) is 0 Å². The van der Waals surface area contributed by atoms with E-state index in [0.717, 1.165) is 11.4 Å². The minimum atomic E-state index is 1.14. The highest BCUT2D eigenvalue weighted by Crippen LogP contribution is 2.38. The smallest absolute Gasteiger partial charge is 0.220 e. The van der Waals surface area contributed by atoms with Crippen LogP contribution in [-0.2, 0) is 0 Å². The molecule has 0 spiro atoms. The highest BCUT2D eigenvalue weighted by Gasteiger charge is 2.32. The van der Waals surface area contributed by atoms with Crippen molar-refractivity contribution < 1.29 is 4.99 Å². The number of para-hydroxylation sites is 1. The average molecular weight is 445 g/mol. The monoisotopic (exact) mass is 444 g/mol. The molecule has 1 aliphatic heterocycles. The second-order valence-electron chi connectivity index (χ2n) is 9.04. The Morgan fingerprint density at radius 2 is 1.06 bits per heavy atom. The molecule has 1 heterocycles. The van der Waals surface area contributed by atoms with Crippen molar-refractivity contribution in [2.75, 3.05) is 38.0 Å². The Morgan fingerprint density at radius 1 is 0.559 bits per heavy atom. The van der Waals surface area contributed by atoms with Gasteiger partial charge in [0, 0.05) is 56.8 Å². The highest BCUT2D eigenvalue weighted by molar-refractivity contribution is 6.38. The number of rotatable bonds is 5. The van der Waals surface area contributed by atoms with Gasteiger partial charge in [-0.25, -0.2) is 4.99 Å². The van der Waals surface area contributed by atoms with Crippen LogP contribution in [0.5, 0.6) is 0 Å². The lowest BCUT2D eigenvalue weighted by Crippen LogP contribution is -2.64. The zero-order valence-electron chi connectivity index (χ0n) is 20.2. The number of nitrogens with zero attached hydrogens (tertiary/aromatic N) is 2. The minimum absolute atomic E-state index is 1.14. The third kappa shape index (κ3) is 4.01. The summed E-state index contributed by atoms with van der Waals surface area (Å²) in [6.45, 7) is 0. The van der Waals surface area contributed by atoms with Crippen LogP contribution in [0, 0.1) is 0 Å². The summed E-state index contributed by atoms with van der Waals surface area (Å²) in [5.74, 6) is 0. The summed E-state index contributed by atoms with van der Waals surface area (Å²) in [6, 6.07) is 36.9. The lowest BCUT2D eigenvalue weighted by Gasteiger charge is -2.18. The van der Waals surface area contributed by atoms with E-state index in [9.17, 15) is 0 Å². The van der Waals surface area contributed by atoms with Gasteiger partial charge in [0.25, 0.3) is 0 Å². The second kappa shape index (κ2) is 9.03. The summed E-state index contributed by atoms with van der Waals surface area (Å²) in [6.07, 6.45) is 0. The van der Waals surface area contributed by atoms with Gasteiger partial charge in [0.2, 0.25) is 11.4 Å². The van der Waals surface area contributed by atoms with Crippen LogP contribution in [0.4, 0.5) is 17.1 Å². The fraction of sp³-hybridized carbons (Fsp3) is 0.129. The topological polar surface area (TPSA) is 20.5 Å². The molecule has 4 aromatic rings. The van der Waals surface area contributed by atoms with Gasteiger partial charge < -0.3 is 9.80 Å². The molecule has 0 atom stereocenters. The summed E-state index contributed by atoms with van der Waals surface area (Å²) in [5.41, 5.74) is 11.9. The van der Waals surface area contributed by atoms with Gasteiger partial charge in [0.05, 0.1) is 11.1 Å². The zero-order valence-corrected chi connectivity index (χ0v) is 20.2. The molecular formula is C31H30N3+. The van der Waals surface area contributed by atoms with Crippen molar-refractivity contribution in [2.24, 2.45) is 0 Å². The van der Waals surface area contributed by atoms with Gasteiger partial charge in [0.15, 0.2) is 0 Å². The normalized spacial score (nSPS) is 12.2. The Balaban J connectivity index is 1.80. The predicted molar refractivity (Wildman–Crippen MR) is 145 cm³/mol. The Labute approximate surface area is 202 Å². The highest BCUT2D eigenvalue weighted by atomic mass is 15.1. The van der Waals surface area contributed by atoms with Crippen LogP contribution in [0.3, 0.4) is 0 Å². The molecule has 0 aliphatic carbocycles. The third-order valence-corrected chi connectivity index (χ3v) is 6.36. The number of anilines is 2. The first-order chi connectivity index (χ1) is 16.5. The van der Waals surface area contributed by atoms with E-state index in [1.54, 1.807) is 0 Å². The Bertz CT molecular complexity index is 1310. The third-order valence-electron chi connectivity index (χ3n) is 6.36. The fourth-order valence-electron chi connectivity index (χ4n) is 4.53. The molecule has 0 fully saturated rings. The van der Waals surface area contributed by atoms with Crippen LogP contribution < -0.4 is 14.8 Å². The molecule has 0 bridgehead atoms. The van der Waals surface area contributed by atoms with Gasteiger partial charge in [-0.15, -0.1) is 0 Å². The molecular weight excluding hydrogens is 414 g/mol. The van der Waals surface area contributed by atoms with Crippen molar-refractivity contribution in [3.05, 3.63) is 125 Å². The van der Waals surface area contributed by atoms with Crippen molar-refractivity contribution >= 4 is 33.9 Å². The molecule has 0 radical (unpaired) electrons. The van der Waals surface area contributed by atoms with E-state index in [4.69, 9.17) is 0 Å². The lowest BCUT2D eigenvalue weighted by atomic mass is 9.86. The number of hydrogen-bond donors (Lipinski definition) is 1. The van der Waals surface area contributed by atoms with Crippen LogP contribution in [0.1, 0.15) is 22.3 Å². The molecule has 1 N–H and O–H groups in total. The van der Waals surface area contributed by atoms with Crippen molar-refractivity contribution in [1.82, 2.24) is 0 Å². The van der Waals surface area contributed by atoms with E-state index in [1.807, 2.05) is 0 Å². The number of hydrogen-bond acceptors (Lipinski definition) is 2. The summed E-state index contributed by atoms with van der Waals surface area (Å²) >= 11 is 0. The maximum atomic E-state index is 3.72. The Morgan fingerprint density at radius 3 is 1.59 bits per heavy atom. The predicted octanol–water partition coefficient (Wildman–Crippen LogP) is 4.99. The minimum Gasteiger partial charge on any atom is -0.378 e. The van der Waals surface area contributed by atoms with Gasteiger partial charge in [-0.3, -0.25) is 0 Å². The molecule has 1 aliphatic rings. The first kappa shape index (κ1) is 21.7. The van der Waals surface area contributed by atoms with Crippen LogP contribution in [-0.4, -0.2) is 33.9 Å². The summed E-state index contributed by atoms with van der Waals surface area (Å²) < 4.78 is 0. The van der Waals surface area contributed by atoms with Gasteiger partial charge in [-0.1, -0.05) is 54.6 Å². The fourth-order valence-corrected chi connectivity index (χ4v) is 4.53. The van der Waals surface area contributed by atoms with Crippen molar-refractivity contribution in [2.45, 2.75) is 0 Å². The first-order valence-electron chi connectivity index (χ1n) is 11.6. The van der Waals surface area contributed by atoms with Crippen LogP contribution in [0.2, 0.25) is 0 Å². The van der Waals surface area contributed by atoms with Crippen LogP contribution >= 0.6 is 0 Å². The zero-order chi connectivity index (χ0) is 23.7. The van der Waals surface area contributed by atoms with Crippen LogP contribution in [0.25, 0.3) is 11.1 Å². The standard InChI is InChI=1S/C31H29N3/c1-33(2)25-18-14-22(15-19-25)29(23-16-20-26(21-17-23)34(3)4)30-27-12-8-9-13-28(27)32-31(30)24-10-6-5-7-11-24/h5-21H,1-4H3/p+1. The first-order valence-corrected chi connectivity index (χ1v) is 11.6. The summed E-state index contributed by atoms with van der Waals surface area (Å²) in [7, 11) is 8.30. The quantitative estimate of drug-likeness (QED) is 0.468. The largest absolute Gasteiger partial charge is 0.378 e. The Hall–Kier alpha value is -4.11. The van der Waals surface area contributed by atoms with E-state index in [1.165, 1.54) is 44.8 Å².